The van der Waals surface area contributed by atoms with Crippen molar-refractivity contribution in [3.63, 3.8) is 0 Å². The van der Waals surface area contributed by atoms with Crippen LogP contribution in [0.1, 0.15) is 33.8 Å². The molecule has 0 aromatic heterocycles. The second-order valence-electron chi connectivity index (χ2n) is 4.68. The number of hydrogen-bond donors (Lipinski definition) is 0. The lowest BCUT2D eigenvalue weighted by Gasteiger charge is -2.09. The number of carbonyl (C=O) groups is 1. The highest BCUT2D eigenvalue weighted by Gasteiger charge is 2.17. The lowest BCUT2D eigenvalue weighted by Crippen LogP contribution is -2.07. The van der Waals surface area contributed by atoms with Gasteiger partial charge in [-0.05, 0) is 36.2 Å². The van der Waals surface area contributed by atoms with Gasteiger partial charge in [-0.3, -0.25) is 4.79 Å². The van der Waals surface area contributed by atoms with E-state index in [-0.39, 0.29) is 18.0 Å². The molecular weight excluding hydrogens is 253 g/mol. The number of hydrogen-bond acceptors (Lipinski definition) is 2. The normalized spacial score (nSPS) is 11.7. The minimum absolute atomic E-state index is 0.103. The summed E-state index contributed by atoms with van der Waals surface area (Å²) in [5.41, 5.74) is 1.70. The molecule has 0 bridgehead atoms. The highest BCUT2D eigenvalue weighted by atomic mass is 19.1. The Morgan fingerprint density at radius 1 is 1.25 bits per heavy atom. The van der Waals surface area contributed by atoms with Crippen LogP contribution >= 0.6 is 0 Å². The molecule has 2 aromatic carbocycles. The number of Topliss-reactive ketones (excluding diaryl/α,β-unsaturated/α-hetero) is 1. The van der Waals surface area contributed by atoms with Crippen LogP contribution in [0.5, 0.6) is 0 Å². The minimum Gasteiger partial charge on any atom is -0.294 e. The Bertz CT molecular complexity index is 658. The van der Waals surface area contributed by atoms with Crippen LogP contribution in [0.25, 0.3) is 0 Å². The van der Waals surface area contributed by atoms with Crippen molar-refractivity contribution in [3.05, 3.63) is 71.0 Å². The molecule has 0 aliphatic rings. The molecule has 0 saturated heterocycles. The molecular formula is C17H14FNO. The molecule has 0 N–H and O–H groups in total. The molecule has 2 rings (SSSR count). The summed E-state index contributed by atoms with van der Waals surface area (Å²) in [5.74, 6) is -0.959. The summed E-state index contributed by atoms with van der Waals surface area (Å²) < 4.78 is 13.2. The van der Waals surface area contributed by atoms with Gasteiger partial charge in [-0.15, -0.1) is 0 Å². The maximum atomic E-state index is 13.2. The van der Waals surface area contributed by atoms with Gasteiger partial charge in [0.05, 0.1) is 12.0 Å². The zero-order valence-corrected chi connectivity index (χ0v) is 11.1. The number of nitrogens with zero attached hydrogens (tertiary/aromatic N) is 1. The Kier molecular flexibility index (Phi) is 4.27. The van der Waals surface area contributed by atoms with E-state index in [4.69, 9.17) is 0 Å². The molecule has 20 heavy (non-hydrogen) atoms. The van der Waals surface area contributed by atoms with Gasteiger partial charge in [0.25, 0.3) is 0 Å². The van der Waals surface area contributed by atoms with Crippen LogP contribution in [0.15, 0.2) is 48.5 Å². The van der Waals surface area contributed by atoms with Gasteiger partial charge in [0, 0.05) is 12.0 Å². The highest BCUT2D eigenvalue weighted by Crippen LogP contribution is 2.21. The Morgan fingerprint density at radius 2 is 1.95 bits per heavy atom. The van der Waals surface area contributed by atoms with Crippen LogP contribution < -0.4 is 0 Å². The van der Waals surface area contributed by atoms with E-state index in [1.54, 1.807) is 6.92 Å². The summed E-state index contributed by atoms with van der Waals surface area (Å²) in [6, 6.07) is 15.6. The zero-order valence-electron chi connectivity index (χ0n) is 11.1. The molecule has 2 aromatic rings. The van der Waals surface area contributed by atoms with Crippen molar-refractivity contribution >= 4 is 5.78 Å². The van der Waals surface area contributed by atoms with Gasteiger partial charge in [-0.25, -0.2) is 4.39 Å². The Labute approximate surface area is 117 Å². The lowest BCUT2D eigenvalue weighted by molar-refractivity contribution is 0.0979. The van der Waals surface area contributed by atoms with Crippen LogP contribution in [-0.2, 0) is 0 Å². The van der Waals surface area contributed by atoms with E-state index in [0.29, 0.717) is 11.1 Å². The molecule has 0 aliphatic carbocycles. The van der Waals surface area contributed by atoms with Gasteiger partial charge in [-0.2, -0.15) is 5.26 Å². The van der Waals surface area contributed by atoms with Crippen molar-refractivity contribution in [1.82, 2.24) is 0 Å². The van der Waals surface area contributed by atoms with E-state index in [1.807, 2.05) is 30.3 Å². The SMILES string of the molecule is Cc1cc(C(=O)CC(C#N)c2ccccc2)ccc1F. The fraction of sp³-hybridized carbons (Fsp3) is 0.176. The Hall–Kier alpha value is -2.47. The van der Waals surface area contributed by atoms with Crippen LogP contribution in [-0.4, -0.2) is 5.78 Å². The van der Waals surface area contributed by atoms with Crippen molar-refractivity contribution in [2.45, 2.75) is 19.3 Å². The molecule has 100 valence electrons. The third-order valence-corrected chi connectivity index (χ3v) is 3.23. The Morgan fingerprint density at radius 3 is 2.55 bits per heavy atom. The van der Waals surface area contributed by atoms with Gasteiger partial charge < -0.3 is 0 Å². The summed E-state index contributed by atoms with van der Waals surface area (Å²) in [4.78, 5) is 12.2. The minimum atomic E-state index is -0.478. The summed E-state index contributed by atoms with van der Waals surface area (Å²) in [6.07, 6.45) is 0.103. The van der Waals surface area contributed by atoms with Crippen LogP contribution in [0.4, 0.5) is 4.39 Å². The molecule has 1 atom stereocenters. The van der Waals surface area contributed by atoms with Gasteiger partial charge in [0.2, 0.25) is 0 Å². The Balaban J connectivity index is 2.18. The summed E-state index contributed by atoms with van der Waals surface area (Å²) in [5, 5.41) is 9.21. The number of aryl methyl sites for hydroxylation is 1. The zero-order chi connectivity index (χ0) is 14.5. The molecule has 1 unspecified atom stereocenters. The first-order valence-electron chi connectivity index (χ1n) is 6.35. The van der Waals surface area contributed by atoms with Crippen molar-refractivity contribution in [2.24, 2.45) is 0 Å². The molecule has 0 heterocycles. The van der Waals surface area contributed by atoms with Crippen molar-refractivity contribution < 1.29 is 9.18 Å². The molecule has 0 radical (unpaired) electrons. The van der Waals surface area contributed by atoms with Gasteiger partial charge in [0.15, 0.2) is 5.78 Å². The summed E-state index contributed by atoms with van der Waals surface area (Å²) in [7, 11) is 0. The summed E-state index contributed by atoms with van der Waals surface area (Å²) >= 11 is 0. The highest BCUT2D eigenvalue weighted by molar-refractivity contribution is 5.96. The van der Waals surface area contributed by atoms with Crippen molar-refractivity contribution in [3.8, 4) is 6.07 Å². The smallest absolute Gasteiger partial charge is 0.164 e. The second-order valence-corrected chi connectivity index (χ2v) is 4.68. The maximum Gasteiger partial charge on any atom is 0.164 e. The third-order valence-electron chi connectivity index (χ3n) is 3.23. The molecule has 0 spiro atoms. The first-order valence-corrected chi connectivity index (χ1v) is 6.35. The fourth-order valence-corrected chi connectivity index (χ4v) is 2.04. The van der Waals surface area contributed by atoms with Crippen LogP contribution in [0.3, 0.4) is 0 Å². The third kappa shape index (κ3) is 3.10. The number of rotatable bonds is 4. The van der Waals surface area contributed by atoms with E-state index in [9.17, 15) is 14.4 Å². The molecule has 0 aliphatic heterocycles. The maximum absolute atomic E-state index is 13.2. The number of nitriles is 1. The van der Waals surface area contributed by atoms with E-state index in [0.717, 1.165) is 5.56 Å². The largest absolute Gasteiger partial charge is 0.294 e. The fourth-order valence-electron chi connectivity index (χ4n) is 2.04. The van der Waals surface area contributed by atoms with Gasteiger partial charge >= 0.3 is 0 Å². The van der Waals surface area contributed by atoms with Crippen molar-refractivity contribution in [1.29, 1.82) is 5.26 Å². The van der Waals surface area contributed by atoms with Crippen molar-refractivity contribution in [2.75, 3.05) is 0 Å². The van der Waals surface area contributed by atoms with Gasteiger partial charge in [-0.1, -0.05) is 30.3 Å². The molecule has 2 nitrogen and oxygen atoms in total. The topological polar surface area (TPSA) is 40.9 Å². The van der Waals surface area contributed by atoms with E-state index >= 15 is 0 Å². The molecule has 3 heteroatoms. The number of ketones is 1. The predicted molar refractivity (Wildman–Crippen MR) is 74.9 cm³/mol. The van der Waals surface area contributed by atoms with E-state index < -0.39 is 5.92 Å². The van der Waals surface area contributed by atoms with E-state index in [2.05, 4.69) is 6.07 Å². The quantitative estimate of drug-likeness (QED) is 0.785. The van der Waals surface area contributed by atoms with Gasteiger partial charge in [0.1, 0.15) is 5.82 Å². The summed E-state index contributed by atoms with van der Waals surface area (Å²) in [6.45, 7) is 1.62. The number of benzene rings is 2. The number of halogens is 1. The van der Waals surface area contributed by atoms with Crippen LogP contribution in [0.2, 0.25) is 0 Å². The average Bonchev–Trinajstić information content (AvgIpc) is 2.48. The standard InChI is InChI=1S/C17H14FNO/c1-12-9-14(7-8-16(12)18)17(20)10-15(11-19)13-5-3-2-4-6-13/h2-9,15H,10H2,1H3. The average molecular weight is 267 g/mol. The second kappa shape index (κ2) is 6.12. The molecule has 0 saturated carbocycles. The van der Waals surface area contributed by atoms with Crippen LogP contribution in [0, 0.1) is 24.1 Å². The number of carbonyl (C=O) groups excluding carboxylic acids is 1. The monoisotopic (exact) mass is 267 g/mol. The first-order chi connectivity index (χ1) is 9.61. The molecule has 0 fully saturated rings. The first kappa shape index (κ1) is 14.0. The molecule has 0 amide bonds. The lowest BCUT2D eigenvalue weighted by atomic mass is 9.92. The predicted octanol–water partition coefficient (Wildman–Crippen LogP) is 4.01. The van der Waals surface area contributed by atoms with E-state index in [1.165, 1.54) is 18.2 Å².